The fraction of sp³-hybridized carbons (Fsp3) is 0.245. The number of hydrogen-bond donors (Lipinski definition) is 13. The van der Waals surface area contributed by atoms with E-state index >= 15 is 0 Å². The number of ether oxygens (including phenoxy) is 2. The van der Waals surface area contributed by atoms with E-state index in [0.717, 1.165) is 124 Å². The smallest absolute Gasteiger partial charge is 0.408 e. The van der Waals surface area contributed by atoms with Gasteiger partial charge >= 0.3 is 18.2 Å². The summed E-state index contributed by atoms with van der Waals surface area (Å²) < 4.78 is 10.6. The number of benzene rings is 9. The summed E-state index contributed by atoms with van der Waals surface area (Å²) in [7, 11) is 0. The Morgan fingerprint density at radius 2 is 0.730 bits per heavy atom. The first-order valence-corrected chi connectivity index (χ1v) is 39.8. The maximum Gasteiger partial charge on any atom is 0.408 e. The Morgan fingerprint density at radius 3 is 1.07 bits per heavy atom. The van der Waals surface area contributed by atoms with E-state index in [1.54, 1.807) is 84.5 Å². The summed E-state index contributed by atoms with van der Waals surface area (Å²) >= 11 is 0. The molecule has 3 aliphatic heterocycles. The van der Waals surface area contributed by atoms with Crippen LogP contribution in [0.3, 0.4) is 0 Å². The third-order valence-electron chi connectivity index (χ3n) is 22.1. The number of carboxylic acids is 1. The van der Waals surface area contributed by atoms with E-state index in [-0.39, 0.29) is 72.1 Å². The van der Waals surface area contributed by atoms with Crippen LogP contribution >= 0.6 is 24.8 Å². The van der Waals surface area contributed by atoms with Gasteiger partial charge in [-0.05, 0) is 205 Å². The molecule has 9 aromatic carbocycles. The first-order chi connectivity index (χ1) is 57.4. The monoisotopic (exact) mass is 1680 g/mol. The number of carbonyl (C=O) groups is 8. The summed E-state index contributed by atoms with van der Waals surface area (Å²) in [5.74, 6) is -2.90. The highest BCUT2D eigenvalue weighted by Gasteiger charge is 2.39. The summed E-state index contributed by atoms with van der Waals surface area (Å²) in [6.07, 6.45) is 7.81. The van der Waals surface area contributed by atoms with Crippen molar-refractivity contribution in [2.45, 2.75) is 130 Å². The van der Waals surface area contributed by atoms with Gasteiger partial charge in [0.2, 0.25) is 11.8 Å². The Labute approximate surface area is 716 Å². The van der Waals surface area contributed by atoms with Crippen LogP contribution in [0.1, 0.15) is 139 Å². The highest BCUT2D eigenvalue weighted by atomic mass is 35.5. The Kier molecular flexibility index (Phi) is 25.2. The van der Waals surface area contributed by atoms with Crippen molar-refractivity contribution in [3.05, 3.63) is 265 Å². The molecule has 6 heterocycles. The van der Waals surface area contributed by atoms with Crippen LogP contribution < -0.4 is 49.0 Å². The molecule has 0 saturated carbocycles. The maximum absolute atomic E-state index is 13.9. The Bertz CT molecular complexity index is 6120. The summed E-state index contributed by atoms with van der Waals surface area (Å²) in [6.45, 7) is 16.7. The fourth-order valence-corrected chi connectivity index (χ4v) is 16.5. The number of alkyl carbamates (subject to hydrolysis) is 2. The number of aromatic amines is 3. The van der Waals surface area contributed by atoms with Crippen LogP contribution in [0.5, 0.6) is 0 Å². The minimum Gasteiger partial charge on any atom is -0.480 e. The van der Waals surface area contributed by atoms with E-state index in [1.807, 2.05) is 142 Å². The number of rotatable bonds is 13. The zero-order chi connectivity index (χ0) is 84.6. The first kappa shape index (κ1) is 86.2. The summed E-state index contributed by atoms with van der Waals surface area (Å²) in [5, 5.41) is 35.2. The number of aromatic nitrogens is 3. The number of nitrogens with zero attached hydrogens (tertiary/aromatic N) is 3. The lowest BCUT2D eigenvalue weighted by atomic mass is 9.95. The molecular formula is C94H95Cl2N15O11. The minimum absolute atomic E-state index is 0. The summed E-state index contributed by atoms with van der Waals surface area (Å²) in [4.78, 5) is 111. The molecule has 626 valence electrons. The molecule has 28 heteroatoms. The molecule has 3 aromatic heterocycles. The van der Waals surface area contributed by atoms with Gasteiger partial charge in [0.25, 0.3) is 17.7 Å². The van der Waals surface area contributed by atoms with Gasteiger partial charge in [-0.1, -0.05) is 162 Å². The van der Waals surface area contributed by atoms with Crippen LogP contribution in [0, 0.1) is 38.5 Å². The van der Waals surface area contributed by atoms with Crippen molar-refractivity contribution in [1.29, 1.82) is 0 Å². The second-order valence-corrected chi connectivity index (χ2v) is 33.2. The fourth-order valence-electron chi connectivity index (χ4n) is 16.5. The van der Waals surface area contributed by atoms with Crippen LogP contribution in [0.25, 0.3) is 66.5 Å². The Morgan fingerprint density at radius 1 is 0.426 bits per heavy atom. The number of hydrazone groups is 3. The number of carbonyl (C=O) groups excluding carboxylic acids is 7. The summed E-state index contributed by atoms with van der Waals surface area (Å²) in [5.41, 5.74) is 42.4. The number of aliphatic carboxylic acids is 1. The van der Waals surface area contributed by atoms with Crippen LogP contribution in [-0.4, -0.2) is 116 Å². The molecule has 18 rings (SSSR count). The SMILES string of the molecule is CC(C)(C)OC(=O)N[C@@H](C(=O)O)C1Cc2ccccc2C1.Cc1ccc(-c2[nH]c3cc(N)cc4c3c2C=NNC4=O)cc1.Cc1ccc(-c2[nH]c3cc(NC(=O)[C@H](N)C4Cc5ccccc5C4)cc4c3c2C=NNC4=O)cc1.Cc1ccc(-c2[nH]c3cc(NC(=O)[C@H](NC(=O)OC(C)(C)C)C4Cc5ccccc5C4)cc4c3c2C=NNC4=O)cc1.Cl.Cl. The van der Waals surface area contributed by atoms with Gasteiger partial charge in [0, 0.05) is 66.5 Å². The van der Waals surface area contributed by atoms with E-state index in [1.165, 1.54) is 16.7 Å². The van der Waals surface area contributed by atoms with Crippen molar-refractivity contribution in [2.75, 3.05) is 16.4 Å². The number of hydrogen-bond acceptors (Lipinski definition) is 15. The molecule has 12 aromatic rings. The predicted octanol–water partition coefficient (Wildman–Crippen LogP) is 15.4. The normalized spacial score (nSPS) is 14.8. The zero-order valence-electron chi connectivity index (χ0n) is 68.6. The highest BCUT2D eigenvalue weighted by molar-refractivity contribution is 6.21. The second kappa shape index (κ2) is 35.7. The quantitative estimate of drug-likeness (QED) is 0.0478. The number of aryl methyl sites for hydroxylation is 3. The van der Waals surface area contributed by atoms with Crippen LogP contribution in [0.15, 0.2) is 197 Å². The third-order valence-corrected chi connectivity index (χ3v) is 22.1. The van der Waals surface area contributed by atoms with Crippen molar-refractivity contribution in [1.82, 2.24) is 41.9 Å². The number of nitrogens with one attached hydrogen (secondary N) is 10. The van der Waals surface area contributed by atoms with Gasteiger partial charge in [0.15, 0.2) is 0 Å². The van der Waals surface area contributed by atoms with E-state index < -0.39 is 47.5 Å². The lowest BCUT2D eigenvalue weighted by Crippen LogP contribution is -2.50. The van der Waals surface area contributed by atoms with Gasteiger partial charge in [-0.15, -0.1) is 24.8 Å². The van der Waals surface area contributed by atoms with Crippen LogP contribution in [-0.2, 0) is 62.4 Å². The molecule has 3 atom stereocenters. The molecule has 0 radical (unpaired) electrons. The molecule has 0 fully saturated rings. The van der Waals surface area contributed by atoms with Gasteiger partial charge in [0.1, 0.15) is 23.3 Å². The molecule has 15 N–H and O–H groups in total. The molecule has 0 bridgehead atoms. The molecule has 0 saturated heterocycles. The Balaban J connectivity index is 0.000000145. The van der Waals surface area contributed by atoms with Crippen LogP contribution in [0.2, 0.25) is 0 Å². The Hall–Kier alpha value is -13.7. The highest BCUT2D eigenvalue weighted by Crippen LogP contribution is 2.40. The van der Waals surface area contributed by atoms with E-state index in [4.69, 9.17) is 20.9 Å². The minimum atomic E-state index is -1.03. The predicted molar refractivity (Wildman–Crippen MR) is 481 cm³/mol. The number of carboxylic acid groups (broad SMARTS) is 1. The number of amides is 7. The van der Waals surface area contributed by atoms with Gasteiger partial charge in [-0.3, -0.25) is 24.0 Å². The largest absolute Gasteiger partial charge is 0.480 e. The van der Waals surface area contributed by atoms with Gasteiger partial charge in [-0.25, -0.2) is 30.7 Å². The zero-order valence-corrected chi connectivity index (χ0v) is 70.2. The molecule has 122 heavy (non-hydrogen) atoms. The lowest BCUT2D eigenvalue weighted by molar-refractivity contribution is -0.141. The molecule has 0 unspecified atom stereocenters. The summed E-state index contributed by atoms with van der Waals surface area (Å²) in [6, 6.07) is 56.7. The number of H-pyrrole nitrogens is 3. The molecule has 26 nitrogen and oxygen atoms in total. The standard InChI is InChI=1S/C33H33N5O4.C28H25N5O2.C17H14N4O.C16H21NO4.2ClH/c1-18-9-11-19(12-10-18)28-25-17-34-38-30(39)24-15-23(16-26(36-28)27(24)25)35-31(40)29(37-32(41)42-33(2,3)4)22-13-20-7-5-6-8-21(20)14-22;1-15-6-8-16(9-7-15)26-22-14-30-33-27(34)21-12-20(13-23(32-26)24(21)22)31-28(35)25(29)19-10-17-4-2-3-5-18(17)11-19;1-9-2-4-10(5-3-9)16-13-8-19-21-17(22)12-6-11(18)7-14(20-16)15(12)13;1-16(2,3)21-15(20)17-13(14(18)19)12-8-10-6-4-5-7-11(10)9-12;;/h5-12,15-17,22,29,36H,13-14H2,1-4H3,(H,35,40)(H,37,41)(H,38,39);2-9,12-14,19,25,32H,10-11,29H2,1H3,(H,31,35)(H,33,34);2-8,20H,18H2,1H3,(H,21,22);4-7,12-13H,8-9H2,1-3H3,(H,17,20)(H,18,19);2*1H/t29-;25-;;13-;;/m11.1../s1. The first-order valence-electron chi connectivity index (χ1n) is 39.8. The van der Waals surface area contributed by atoms with Crippen molar-refractivity contribution in [3.63, 3.8) is 0 Å². The van der Waals surface area contributed by atoms with Crippen molar-refractivity contribution in [3.8, 4) is 33.8 Å². The number of anilines is 3. The average molecular weight is 1680 g/mol. The number of fused-ring (bicyclic) bond motifs is 3. The van der Waals surface area contributed by atoms with Gasteiger partial charge in [-0.2, -0.15) is 15.3 Å². The number of nitrogen functional groups attached to an aromatic ring is 1. The molecule has 0 spiro atoms. The van der Waals surface area contributed by atoms with E-state index in [2.05, 4.69) is 104 Å². The van der Waals surface area contributed by atoms with Crippen molar-refractivity contribution in [2.24, 2.45) is 38.8 Å². The van der Waals surface area contributed by atoms with E-state index in [9.17, 15) is 43.5 Å². The molecule has 6 aliphatic rings. The topological polar surface area (TPSA) is 396 Å². The number of halogens is 2. The number of nitrogens with two attached hydrogens (primary N) is 2. The molecule has 7 amide bonds. The molecular weight excluding hydrogens is 1590 g/mol. The van der Waals surface area contributed by atoms with Crippen molar-refractivity contribution < 1.29 is 52.9 Å². The maximum atomic E-state index is 13.9. The second-order valence-electron chi connectivity index (χ2n) is 33.2. The van der Waals surface area contributed by atoms with Crippen LogP contribution in [0.4, 0.5) is 26.7 Å². The lowest BCUT2D eigenvalue weighted by Gasteiger charge is -2.26. The third kappa shape index (κ3) is 19.0. The average Bonchev–Trinajstić information content (AvgIpc) is 1.61. The van der Waals surface area contributed by atoms with E-state index in [0.29, 0.717) is 65.0 Å². The van der Waals surface area contributed by atoms with Crippen molar-refractivity contribution >= 4 is 141 Å². The van der Waals surface area contributed by atoms with Gasteiger partial charge in [0.05, 0.1) is 58.5 Å². The molecule has 3 aliphatic carbocycles. The van der Waals surface area contributed by atoms with Gasteiger partial charge < -0.3 is 62.3 Å².